The smallest absolute Gasteiger partial charge is 0.129 e. The minimum atomic E-state index is 0.0158. The maximum Gasteiger partial charge on any atom is 0.129 e. The second-order valence-corrected chi connectivity index (χ2v) is 6.94. The quantitative estimate of drug-likeness (QED) is 0.682. The van der Waals surface area contributed by atoms with Crippen molar-refractivity contribution in [2.24, 2.45) is 0 Å². The van der Waals surface area contributed by atoms with Gasteiger partial charge in [-0.05, 0) is 37.7 Å². The van der Waals surface area contributed by atoms with E-state index < -0.39 is 0 Å². The minimum absolute atomic E-state index is 0.0158. The molecule has 1 atom stereocenters. The van der Waals surface area contributed by atoms with E-state index in [-0.39, 0.29) is 6.04 Å². The van der Waals surface area contributed by atoms with Crippen molar-refractivity contribution in [1.29, 1.82) is 0 Å². The third kappa shape index (κ3) is 3.40. The molecule has 0 spiro atoms. The molecular weight excluding hydrogens is 342 g/mol. The number of nitrogens with one attached hydrogen (secondary N) is 2. The summed E-state index contributed by atoms with van der Waals surface area (Å²) in [6.45, 7) is 2.01. The van der Waals surface area contributed by atoms with Crippen LogP contribution in [-0.2, 0) is 0 Å². The van der Waals surface area contributed by atoms with Crippen LogP contribution < -0.4 is 10.6 Å². The number of likely N-dealkylation sites (N-methyl/N-ethyl adjacent to an activating group) is 1. The zero-order valence-electron chi connectivity index (χ0n) is 13.7. The average molecular weight is 360 g/mol. The molecule has 0 fully saturated rings. The Morgan fingerprint density at radius 3 is 2.71 bits per heavy atom. The molecule has 0 aliphatic rings. The predicted molar refractivity (Wildman–Crippen MR) is 100 cm³/mol. The van der Waals surface area contributed by atoms with Gasteiger partial charge in [0.1, 0.15) is 5.15 Å². The van der Waals surface area contributed by atoms with E-state index in [0.717, 1.165) is 32.1 Å². The van der Waals surface area contributed by atoms with E-state index in [9.17, 15) is 0 Å². The van der Waals surface area contributed by atoms with E-state index in [2.05, 4.69) is 25.6 Å². The number of aromatic nitrogens is 3. The summed E-state index contributed by atoms with van der Waals surface area (Å²) < 4.78 is 0. The molecule has 5 nitrogen and oxygen atoms in total. The largest absolute Gasteiger partial charge is 0.394 e. The summed E-state index contributed by atoms with van der Waals surface area (Å²) in [5, 5.41) is 7.99. The van der Waals surface area contributed by atoms with Crippen molar-refractivity contribution in [1.82, 2.24) is 25.6 Å². The Hall–Kier alpha value is -2.02. The second-order valence-electron chi connectivity index (χ2n) is 5.29. The van der Waals surface area contributed by atoms with Crippen LogP contribution in [0, 0.1) is 6.92 Å². The van der Waals surface area contributed by atoms with Gasteiger partial charge >= 0.3 is 0 Å². The van der Waals surface area contributed by atoms with Crippen molar-refractivity contribution in [3.63, 3.8) is 0 Å². The van der Waals surface area contributed by atoms with Crippen LogP contribution in [0.4, 0.5) is 0 Å². The molecule has 0 amide bonds. The summed E-state index contributed by atoms with van der Waals surface area (Å²) in [5.41, 5.74) is 3.65. The summed E-state index contributed by atoms with van der Waals surface area (Å²) in [4.78, 5) is 14.4. The van der Waals surface area contributed by atoms with E-state index in [4.69, 9.17) is 11.6 Å². The molecule has 0 aromatic carbocycles. The Kier molecular flexibility index (Phi) is 5.08. The Morgan fingerprint density at radius 2 is 2.04 bits per heavy atom. The predicted octanol–water partition coefficient (Wildman–Crippen LogP) is 3.57. The van der Waals surface area contributed by atoms with Gasteiger partial charge in [-0.3, -0.25) is 4.98 Å². The number of thiazole rings is 1. The molecule has 0 radical (unpaired) electrons. The van der Waals surface area contributed by atoms with Crippen LogP contribution in [0.15, 0.2) is 36.8 Å². The van der Waals surface area contributed by atoms with E-state index in [1.807, 2.05) is 51.7 Å². The number of fused-ring (bicyclic) bond motifs is 1. The van der Waals surface area contributed by atoms with Crippen molar-refractivity contribution in [2.75, 3.05) is 14.1 Å². The fourth-order valence-corrected chi connectivity index (χ4v) is 3.66. The van der Waals surface area contributed by atoms with Gasteiger partial charge in [-0.15, -0.1) is 11.3 Å². The first-order valence-electron chi connectivity index (χ1n) is 7.52. The van der Waals surface area contributed by atoms with Crippen molar-refractivity contribution in [3.05, 3.63) is 57.4 Å². The number of nitrogens with zero attached hydrogens (tertiary/aromatic N) is 3. The molecule has 3 heterocycles. The minimum Gasteiger partial charge on any atom is -0.394 e. The lowest BCUT2D eigenvalue weighted by atomic mass is 9.99. The highest BCUT2D eigenvalue weighted by Crippen LogP contribution is 2.33. The first kappa shape index (κ1) is 16.8. The SMILES string of the molecule is CN/C=C(/c1cnc2ccc(Cl)nc2c1)C(NC)c1cnc(C)s1. The number of hydrogen-bond donors (Lipinski definition) is 2. The molecular formula is C17H18ClN5S. The van der Waals surface area contributed by atoms with Gasteiger partial charge in [0.25, 0.3) is 0 Å². The van der Waals surface area contributed by atoms with Crippen molar-refractivity contribution < 1.29 is 0 Å². The van der Waals surface area contributed by atoms with Gasteiger partial charge < -0.3 is 10.6 Å². The van der Waals surface area contributed by atoms with Crippen molar-refractivity contribution in [2.45, 2.75) is 13.0 Å². The van der Waals surface area contributed by atoms with Gasteiger partial charge in [-0.2, -0.15) is 0 Å². The number of hydrogen-bond acceptors (Lipinski definition) is 6. The lowest BCUT2D eigenvalue weighted by Crippen LogP contribution is -2.18. The number of pyridine rings is 2. The highest BCUT2D eigenvalue weighted by atomic mass is 35.5. The molecule has 3 aromatic rings. The maximum absolute atomic E-state index is 6.02. The summed E-state index contributed by atoms with van der Waals surface area (Å²) in [5.74, 6) is 0. The number of aryl methyl sites for hydroxylation is 1. The highest BCUT2D eigenvalue weighted by Gasteiger charge is 2.19. The molecule has 0 saturated heterocycles. The van der Waals surface area contributed by atoms with Gasteiger partial charge in [0.05, 0.1) is 22.1 Å². The molecule has 124 valence electrons. The van der Waals surface area contributed by atoms with E-state index in [0.29, 0.717) is 5.15 Å². The fraction of sp³-hybridized carbons (Fsp3) is 0.235. The van der Waals surface area contributed by atoms with Crippen LogP contribution in [0.25, 0.3) is 16.6 Å². The Bertz CT molecular complexity index is 890. The summed E-state index contributed by atoms with van der Waals surface area (Å²) >= 11 is 7.69. The molecule has 0 bridgehead atoms. The zero-order chi connectivity index (χ0) is 17.1. The topological polar surface area (TPSA) is 62.7 Å². The van der Waals surface area contributed by atoms with Crippen LogP contribution >= 0.6 is 22.9 Å². The first-order valence-corrected chi connectivity index (χ1v) is 8.71. The Balaban J connectivity index is 2.09. The molecule has 0 saturated carbocycles. The van der Waals surface area contributed by atoms with Gasteiger partial charge in [0.15, 0.2) is 0 Å². The highest BCUT2D eigenvalue weighted by molar-refractivity contribution is 7.11. The molecule has 7 heteroatoms. The standard InChI is InChI=1S/C17H18ClN5S/c1-10-21-9-15(24-10)17(20-3)12(8-19-2)11-6-14-13(22-7-11)4-5-16(18)23-14/h4-9,17,19-20H,1-3H3/b12-8-. The molecule has 2 N–H and O–H groups in total. The normalized spacial score (nSPS) is 13.2. The van der Waals surface area contributed by atoms with Crippen molar-refractivity contribution >= 4 is 39.5 Å². The van der Waals surface area contributed by atoms with E-state index in [1.165, 1.54) is 0 Å². The monoisotopic (exact) mass is 359 g/mol. The summed E-state index contributed by atoms with van der Waals surface area (Å²) in [6, 6.07) is 5.65. The maximum atomic E-state index is 6.02. The summed E-state index contributed by atoms with van der Waals surface area (Å²) in [6.07, 6.45) is 5.75. The van der Waals surface area contributed by atoms with Gasteiger partial charge in [0.2, 0.25) is 0 Å². The Morgan fingerprint density at radius 1 is 1.21 bits per heavy atom. The van der Waals surface area contributed by atoms with Crippen LogP contribution in [-0.4, -0.2) is 29.0 Å². The molecule has 3 rings (SSSR count). The first-order chi connectivity index (χ1) is 11.6. The fourth-order valence-electron chi connectivity index (χ4n) is 2.59. The molecule has 0 aliphatic heterocycles. The van der Waals surface area contributed by atoms with Gasteiger partial charge in [0, 0.05) is 36.1 Å². The lowest BCUT2D eigenvalue weighted by Gasteiger charge is -2.19. The van der Waals surface area contributed by atoms with Gasteiger partial charge in [-0.1, -0.05) is 11.6 Å². The Labute approximate surface area is 149 Å². The van der Waals surface area contributed by atoms with Crippen LogP contribution in [0.1, 0.15) is 21.5 Å². The van der Waals surface area contributed by atoms with E-state index in [1.54, 1.807) is 17.4 Å². The second kappa shape index (κ2) is 7.25. The third-order valence-electron chi connectivity index (χ3n) is 3.66. The molecule has 24 heavy (non-hydrogen) atoms. The molecule has 3 aromatic heterocycles. The van der Waals surface area contributed by atoms with Crippen LogP contribution in [0.5, 0.6) is 0 Å². The average Bonchev–Trinajstić information content (AvgIpc) is 3.00. The van der Waals surface area contributed by atoms with Crippen LogP contribution in [0.3, 0.4) is 0 Å². The zero-order valence-corrected chi connectivity index (χ0v) is 15.2. The summed E-state index contributed by atoms with van der Waals surface area (Å²) in [7, 11) is 3.82. The van der Waals surface area contributed by atoms with Crippen molar-refractivity contribution in [3.8, 4) is 0 Å². The number of halogens is 1. The number of rotatable bonds is 5. The lowest BCUT2D eigenvalue weighted by molar-refractivity contribution is 0.738. The third-order valence-corrected chi connectivity index (χ3v) is 4.85. The van der Waals surface area contributed by atoms with Crippen LogP contribution in [0.2, 0.25) is 5.15 Å². The van der Waals surface area contributed by atoms with Gasteiger partial charge in [-0.25, -0.2) is 9.97 Å². The molecule has 0 aliphatic carbocycles. The molecule has 1 unspecified atom stereocenters. The van der Waals surface area contributed by atoms with E-state index >= 15 is 0 Å².